The predicted molar refractivity (Wildman–Crippen MR) is 113 cm³/mol. The van der Waals surface area contributed by atoms with Gasteiger partial charge >= 0.3 is 10.2 Å². The molecule has 11 heteroatoms. The number of amidine groups is 2. The number of aryl methyl sites for hydroxylation is 1. The predicted octanol–water partition coefficient (Wildman–Crippen LogP) is 1.60. The zero-order chi connectivity index (χ0) is 22.0. The molecule has 4 rings (SSSR count). The normalized spacial score (nSPS) is 17.5. The zero-order valence-electron chi connectivity index (χ0n) is 15.9. The standard InChI is InChI=1S/C20H16FN5O4S/c21-31(29,30)15-7-4-12(5-8-15)6-9-16(27)24-14-3-1-2-13(10-14)18-25-17-19(26-18)22-11-23-20(17)28/h1-5,7-8,10-11,17H,6,9H2,(H,24,27)(H,22,23,25,26,28). The van der Waals surface area contributed by atoms with Crippen LogP contribution in [0.4, 0.5) is 9.57 Å². The molecule has 2 heterocycles. The number of carbonyl (C=O) groups is 2. The molecule has 0 saturated heterocycles. The van der Waals surface area contributed by atoms with Gasteiger partial charge in [-0.15, -0.1) is 3.89 Å². The number of nitrogens with zero attached hydrogens (tertiary/aromatic N) is 3. The molecule has 2 amide bonds. The number of anilines is 1. The van der Waals surface area contributed by atoms with Gasteiger partial charge in [-0.3, -0.25) is 9.59 Å². The first-order valence-electron chi connectivity index (χ1n) is 9.23. The Morgan fingerprint density at radius 2 is 1.94 bits per heavy atom. The number of rotatable bonds is 6. The minimum atomic E-state index is -4.74. The van der Waals surface area contributed by atoms with Crippen LogP contribution in [0.25, 0.3) is 0 Å². The zero-order valence-corrected chi connectivity index (χ0v) is 16.8. The fraction of sp³-hybridized carbons (Fsp3) is 0.150. The second-order valence-corrected chi connectivity index (χ2v) is 8.15. The number of halogens is 1. The van der Waals surface area contributed by atoms with E-state index < -0.39 is 21.2 Å². The molecule has 0 aliphatic carbocycles. The molecule has 31 heavy (non-hydrogen) atoms. The van der Waals surface area contributed by atoms with E-state index in [1.807, 2.05) is 0 Å². The van der Waals surface area contributed by atoms with Crippen molar-refractivity contribution >= 4 is 45.7 Å². The maximum atomic E-state index is 12.9. The van der Waals surface area contributed by atoms with Gasteiger partial charge in [-0.25, -0.2) is 15.0 Å². The SMILES string of the molecule is O=C(CCc1ccc(S(=O)(=O)F)cc1)Nc1cccc(C2=NC3C(=O)NC=NC3=N2)c1. The molecule has 0 aromatic heterocycles. The average molecular weight is 441 g/mol. The van der Waals surface area contributed by atoms with Gasteiger partial charge in [-0.1, -0.05) is 24.3 Å². The van der Waals surface area contributed by atoms with Gasteiger partial charge in [0.2, 0.25) is 5.91 Å². The molecule has 2 aliphatic heterocycles. The van der Waals surface area contributed by atoms with E-state index >= 15 is 0 Å². The first-order chi connectivity index (χ1) is 14.8. The third kappa shape index (κ3) is 4.72. The Balaban J connectivity index is 1.39. The lowest BCUT2D eigenvalue weighted by Gasteiger charge is -2.09. The summed E-state index contributed by atoms with van der Waals surface area (Å²) in [6, 6.07) is 11.4. The van der Waals surface area contributed by atoms with E-state index in [9.17, 15) is 21.9 Å². The van der Waals surface area contributed by atoms with Crippen LogP contribution >= 0.6 is 0 Å². The van der Waals surface area contributed by atoms with Crippen LogP contribution < -0.4 is 10.6 Å². The summed E-state index contributed by atoms with van der Waals surface area (Å²) in [4.78, 5) is 36.3. The summed E-state index contributed by atoms with van der Waals surface area (Å²) in [5.41, 5.74) is 1.87. The number of amides is 2. The van der Waals surface area contributed by atoms with Crippen molar-refractivity contribution < 1.29 is 21.9 Å². The molecule has 2 aromatic carbocycles. The van der Waals surface area contributed by atoms with Crippen molar-refractivity contribution in [1.82, 2.24) is 5.32 Å². The fourth-order valence-electron chi connectivity index (χ4n) is 3.07. The molecule has 2 aromatic rings. The highest BCUT2D eigenvalue weighted by molar-refractivity contribution is 7.86. The minimum absolute atomic E-state index is 0.145. The Hall–Kier alpha value is -3.73. The van der Waals surface area contributed by atoms with Gasteiger partial charge in [0.1, 0.15) is 0 Å². The summed E-state index contributed by atoms with van der Waals surface area (Å²) in [5, 5.41) is 5.25. The molecule has 158 valence electrons. The summed E-state index contributed by atoms with van der Waals surface area (Å²) >= 11 is 0. The van der Waals surface area contributed by atoms with Gasteiger partial charge in [0.05, 0.1) is 11.2 Å². The highest BCUT2D eigenvalue weighted by Gasteiger charge is 2.31. The Kier molecular flexibility index (Phi) is 5.42. The quantitative estimate of drug-likeness (QED) is 0.660. The molecule has 0 saturated carbocycles. The van der Waals surface area contributed by atoms with Crippen molar-refractivity contribution in [2.75, 3.05) is 5.32 Å². The number of fused-ring (bicyclic) bond motifs is 1. The summed E-state index contributed by atoms with van der Waals surface area (Å²) in [6.07, 6.45) is 1.77. The smallest absolute Gasteiger partial charge is 0.326 e. The van der Waals surface area contributed by atoms with Crippen LogP contribution in [-0.4, -0.2) is 44.3 Å². The number of hydrogen-bond donors (Lipinski definition) is 2. The van der Waals surface area contributed by atoms with E-state index in [1.54, 1.807) is 24.3 Å². The van der Waals surface area contributed by atoms with E-state index in [0.29, 0.717) is 34.9 Å². The molecule has 1 atom stereocenters. The average Bonchev–Trinajstić information content (AvgIpc) is 3.18. The van der Waals surface area contributed by atoms with Crippen molar-refractivity contribution in [1.29, 1.82) is 0 Å². The molecular formula is C20H16FN5O4S. The topological polar surface area (TPSA) is 129 Å². The Morgan fingerprint density at radius 1 is 1.16 bits per heavy atom. The Bertz CT molecular complexity index is 1250. The lowest BCUT2D eigenvalue weighted by atomic mass is 10.1. The van der Waals surface area contributed by atoms with Crippen LogP contribution in [0.2, 0.25) is 0 Å². The number of hydrogen-bond acceptors (Lipinski definition) is 7. The second-order valence-electron chi connectivity index (χ2n) is 6.80. The van der Waals surface area contributed by atoms with Gasteiger partial charge < -0.3 is 10.6 Å². The first kappa shape index (κ1) is 20.5. The molecule has 2 aliphatic rings. The minimum Gasteiger partial charge on any atom is -0.326 e. The van der Waals surface area contributed by atoms with E-state index in [4.69, 9.17) is 0 Å². The highest BCUT2D eigenvalue weighted by atomic mass is 32.3. The van der Waals surface area contributed by atoms with Crippen molar-refractivity contribution in [3.63, 3.8) is 0 Å². The molecule has 0 bridgehead atoms. The number of benzene rings is 2. The van der Waals surface area contributed by atoms with Gasteiger partial charge in [-0.2, -0.15) is 8.42 Å². The molecular weight excluding hydrogens is 425 g/mol. The van der Waals surface area contributed by atoms with E-state index in [0.717, 1.165) is 12.1 Å². The Labute approximate surface area is 177 Å². The lowest BCUT2D eigenvalue weighted by molar-refractivity contribution is -0.119. The summed E-state index contributed by atoms with van der Waals surface area (Å²) in [5.74, 6) is 0.120. The van der Waals surface area contributed by atoms with Crippen LogP contribution in [0.3, 0.4) is 0 Å². The van der Waals surface area contributed by atoms with Crippen molar-refractivity contribution in [3.05, 3.63) is 59.7 Å². The monoisotopic (exact) mass is 441 g/mol. The van der Waals surface area contributed by atoms with Gasteiger partial charge in [-0.05, 0) is 36.2 Å². The number of carbonyl (C=O) groups excluding carboxylic acids is 2. The molecule has 1 unspecified atom stereocenters. The van der Waals surface area contributed by atoms with Crippen LogP contribution in [-0.2, 0) is 26.2 Å². The third-order valence-electron chi connectivity index (χ3n) is 4.62. The van der Waals surface area contributed by atoms with Crippen LogP contribution in [0.1, 0.15) is 17.5 Å². The molecule has 2 N–H and O–H groups in total. The second kappa shape index (κ2) is 8.19. The third-order valence-corrected chi connectivity index (χ3v) is 5.45. The van der Waals surface area contributed by atoms with E-state index in [2.05, 4.69) is 25.6 Å². The van der Waals surface area contributed by atoms with Crippen molar-refractivity contribution in [3.8, 4) is 0 Å². The summed E-state index contributed by atoms with van der Waals surface area (Å²) in [7, 11) is -4.74. The van der Waals surface area contributed by atoms with E-state index in [1.165, 1.54) is 18.5 Å². The number of aliphatic imine (C=N–C) groups is 3. The maximum absolute atomic E-state index is 12.9. The Morgan fingerprint density at radius 3 is 2.65 bits per heavy atom. The molecule has 0 spiro atoms. The van der Waals surface area contributed by atoms with E-state index in [-0.39, 0.29) is 18.2 Å². The van der Waals surface area contributed by atoms with Crippen molar-refractivity contribution in [2.24, 2.45) is 15.0 Å². The molecule has 0 fully saturated rings. The van der Waals surface area contributed by atoms with Crippen LogP contribution in [0.5, 0.6) is 0 Å². The highest BCUT2D eigenvalue weighted by Crippen LogP contribution is 2.19. The largest absolute Gasteiger partial charge is 0.332 e. The van der Waals surface area contributed by atoms with Gasteiger partial charge in [0.15, 0.2) is 17.7 Å². The first-order valence-corrected chi connectivity index (χ1v) is 10.6. The van der Waals surface area contributed by atoms with Gasteiger partial charge in [0, 0.05) is 17.7 Å². The molecule has 9 nitrogen and oxygen atoms in total. The fourth-order valence-corrected chi connectivity index (χ4v) is 3.53. The lowest BCUT2D eigenvalue weighted by Crippen LogP contribution is -2.40. The maximum Gasteiger partial charge on any atom is 0.332 e. The van der Waals surface area contributed by atoms with Crippen molar-refractivity contribution in [2.45, 2.75) is 23.8 Å². The van der Waals surface area contributed by atoms with Gasteiger partial charge in [0.25, 0.3) is 5.91 Å². The summed E-state index contributed by atoms with van der Waals surface area (Å²) in [6.45, 7) is 0. The summed E-state index contributed by atoms with van der Waals surface area (Å²) < 4.78 is 34.6. The van der Waals surface area contributed by atoms with Crippen LogP contribution in [0.15, 0.2) is 68.4 Å². The van der Waals surface area contributed by atoms with Crippen LogP contribution in [0, 0.1) is 0 Å². The molecule has 0 radical (unpaired) electrons. The number of nitrogens with one attached hydrogen (secondary N) is 2.